The number of halogens is 3. The van der Waals surface area contributed by atoms with E-state index in [2.05, 4.69) is 0 Å². The Hall–Kier alpha value is -2.56. The molecule has 2 rings (SSSR count). The lowest BCUT2D eigenvalue weighted by molar-refractivity contribution is -0.137. The molecule has 120 valence electrons. The van der Waals surface area contributed by atoms with Crippen molar-refractivity contribution in [1.29, 1.82) is 0 Å². The molecule has 0 atom stereocenters. The Labute approximate surface area is 132 Å². The molecule has 5 heteroatoms. The zero-order valence-corrected chi connectivity index (χ0v) is 12.6. The van der Waals surface area contributed by atoms with Crippen molar-refractivity contribution in [3.63, 3.8) is 0 Å². The van der Waals surface area contributed by atoms with Gasteiger partial charge in [0.1, 0.15) is 5.75 Å². The van der Waals surface area contributed by atoms with Gasteiger partial charge in [-0.1, -0.05) is 18.2 Å². The lowest BCUT2D eigenvalue weighted by atomic mass is 10.1. The molecule has 0 fully saturated rings. The van der Waals surface area contributed by atoms with Crippen LogP contribution in [0.15, 0.2) is 48.5 Å². The molecule has 0 saturated carbocycles. The van der Waals surface area contributed by atoms with Crippen LogP contribution in [0.4, 0.5) is 13.2 Å². The summed E-state index contributed by atoms with van der Waals surface area (Å²) in [5.41, 5.74) is 1.42. The second-order valence-electron chi connectivity index (χ2n) is 5.20. The third-order valence-corrected chi connectivity index (χ3v) is 3.04. The maximum absolute atomic E-state index is 12.6. The van der Waals surface area contributed by atoms with E-state index in [-0.39, 0.29) is 5.56 Å². The summed E-state index contributed by atoms with van der Waals surface area (Å²) in [5, 5.41) is 0. The van der Waals surface area contributed by atoms with Gasteiger partial charge in [-0.3, -0.25) is 0 Å². The van der Waals surface area contributed by atoms with Gasteiger partial charge in [-0.05, 0) is 60.9 Å². The molecule has 0 spiro atoms. The molecule has 2 nitrogen and oxygen atoms in total. The van der Waals surface area contributed by atoms with Crippen molar-refractivity contribution >= 4 is 12.0 Å². The predicted molar refractivity (Wildman–Crippen MR) is 82.0 cm³/mol. The minimum Gasteiger partial charge on any atom is -0.423 e. The van der Waals surface area contributed by atoms with Crippen molar-refractivity contribution in [3.05, 3.63) is 70.8 Å². The maximum atomic E-state index is 12.6. The van der Waals surface area contributed by atoms with Gasteiger partial charge < -0.3 is 4.74 Å². The van der Waals surface area contributed by atoms with E-state index in [9.17, 15) is 18.0 Å². The summed E-state index contributed by atoms with van der Waals surface area (Å²) < 4.78 is 43.0. The second-order valence-corrected chi connectivity index (χ2v) is 5.20. The molecule has 0 aromatic heterocycles. The first-order valence-corrected chi connectivity index (χ1v) is 6.89. The number of hydrogen-bond acceptors (Lipinski definition) is 2. The Balaban J connectivity index is 2.09. The van der Waals surface area contributed by atoms with Crippen molar-refractivity contribution in [2.75, 3.05) is 0 Å². The summed E-state index contributed by atoms with van der Waals surface area (Å²) in [6, 6.07) is 10.1. The van der Waals surface area contributed by atoms with E-state index >= 15 is 0 Å². The lowest BCUT2D eigenvalue weighted by Crippen LogP contribution is -2.05. The van der Waals surface area contributed by atoms with E-state index in [1.165, 1.54) is 18.2 Å². The van der Waals surface area contributed by atoms with Gasteiger partial charge in [0.15, 0.2) is 0 Å². The molecule has 0 saturated heterocycles. The highest BCUT2D eigenvalue weighted by Crippen LogP contribution is 2.29. The van der Waals surface area contributed by atoms with Gasteiger partial charge in [0.2, 0.25) is 0 Å². The summed E-state index contributed by atoms with van der Waals surface area (Å²) in [4.78, 5) is 11.8. The van der Waals surface area contributed by atoms with E-state index in [4.69, 9.17) is 4.74 Å². The van der Waals surface area contributed by atoms with Crippen molar-refractivity contribution in [2.24, 2.45) is 0 Å². The molecule has 2 aromatic rings. The van der Waals surface area contributed by atoms with E-state index < -0.39 is 17.7 Å². The van der Waals surface area contributed by atoms with Gasteiger partial charge in [-0.25, -0.2) is 4.79 Å². The first kappa shape index (κ1) is 16.8. The highest BCUT2D eigenvalue weighted by molar-refractivity contribution is 5.88. The quantitative estimate of drug-likeness (QED) is 0.455. The monoisotopic (exact) mass is 320 g/mol. The first-order chi connectivity index (χ1) is 10.7. The summed E-state index contributed by atoms with van der Waals surface area (Å²) >= 11 is 0. The molecule has 0 aliphatic carbocycles. The fourth-order valence-corrected chi connectivity index (χ4v) is 2.12. The van der Waals surface area contributed by atoms with Gasteiger partial charge in [-0.15, -0.1) is 0 Å². The minimum atomic E-state index is -4.41. The Morgan fingerprint density at radius 1 is 1.04 bits per heavy atom. The van der Waals surface area contributed by atoms with Gasteiger partial charge >= 0.3 is 12.1 Å². The van der Waals surface area contributed by atoms with Crippen LogP contribution < -0.4 is 4.74 Å². The summed E-state index contributed by atoms with van der Waals surface area (Å²) in [6.07, 6.45) is -2.02. The number of benzene rings is 2. The number of ether oxygens (including phenoxy) is 1. The smallest absolute Gasteiger partial charge is 0.416 e. The summed E-state index contributed by atoms with van der Waals surface area (Å²) in [5.74, 6) is -0.242. The average Bonchev–Trinajstić information content (AvgIpc) is 2.43. The predicted octanol–water partition coefficient (Wildman–Crippen LogP) is 4.94. The maximum Gasteiger partial charge on any atom is 0.416 e. The molecule has 0 bridgehead atoms. The van der Waals surface area contributed by atoms with Gasteiger partial charge in [0.05, 0.1) is 5.56 Å². The number of alkyl halides is 3. The van der Waals surface area contributed by atoms with Crippen LogP contribution in [-0.4, -0.2) is 5.97 Å². The van der Waals surface area contributed by atoms with Crippen molar-refractivity contribution in [1.82, 2.24) is 0 Å². The third-order valence-electron chi connectivity index (χ3n) is 3.04. The van der Waals surface area contributed by atoms with Crippen molar-refractivity contribution < 1.29 is 22.7 Å². The van der Waals surface area contributed by atoms with Crippen LogP contribution in [0.5, 0.6) is 5.75 Å². The van der Waals surface area contributed by atoms with E-state index in [1.807, 2.05) is 19.9 Å². The Kier molecular flexibility index (Phi) is 4.89. The van der Waals surface area contributed by atoms with Crippen LogP contribution >= 0.6 is 0 Å². The van der Waals surface area contributed by atoms with Crippen LogP contribution in [0.3, 0.4) is 0 Å². The lowest BCUT2D eigenvalue weighted by Gasteiger charge is -2.06. The van der Waals surface area contributed by atoms with E-state index in [1.54, 1.807) is 12.1 Å². The number of rotatable bonds is 3. The molecular weight excluding hydrogens is 305 g/mol. The normalized spacial score (nSPS) is 11.7. The molecule has 0 heterocycles. The van der Waals surface area contributed by atoms with Crippen molar-refractivity contribution in [3.8, 4) is 5.75 Å². The number of carbonyl (C=O) groups is 1. The molecule has 23 heavy (non-hydrogen) atoms. The number of carbonyl (C=O) groups excluding carboxylic acids is 1. The molecule has 0 amide bonds. The highest BCUT2D eigenvalue weighted by Gasteiger charge is 2.30. The molecule has 2 aromatic carbocycles. The second kappa shape index (κ2) is 6.69. The Morgan fingerprint density at radius 3 is 2.30 bits per heavy atom. The standard InChI is InChI=1S/C18H15F3O2/c1-12-8-13(2)10-16(9-12)23-17(22)7-6-14-4-3-5-15(11-14)18(19,20)21/h3-11H,1-2H3/b7-6+. The average molecular weight is 320 g/mol. The summed E-state index contributed by atoms with van der Waals surface area (Å²) in [6.45, 7) is 3.76. The van der Waals surface area contributed by atoms with Gasteiger partial charge in [0, 0.05) is 6.08 Å². The largest absolute Gasteiger partial charge is 0.423 e. The molecule has 0 aliphatic rings. The van der Waals surface area contributed by atoms with E-state index in [0.29, 0.717) is 5.75 Å². The first-order valence-electron chi connectivity index (χ1n) is 6.89. The fraction of sp³-hybridized carbons (Fsp3) is 0.167. The van der Waals surface area contributed by atoms with E-state index in [0.717, 1.165) is 29.3 Å². The fourth-order valence-electron chi connectivity index (χ4n) is 2.12. The molecule has 0 unspecified atom stereocenters. The van der Waals surface area contributed by atoms with Crippen LogP contribution in [0.2, 0.25) is 0 Å². The van der Waals surface area contributed by atoms with Crippen LogP contribution in [0.25, 0.3) is 6.08 Å². The third kappa shape index (κ3) is 4.98. The molecular formula is C18H15F3O2. The van der Waals surface area contributed by atoms with Gasteiger partial charge in [-0.2, -0.15) is 13.2 Å². The van der Waals surface area contributed by atoms with Gasteiger partial charge in [0.25, 0.3) is 0 Å². The molecule has 0 radical (unpaired) electrons. The number of hydrogen-bond donors (Lipinski definition) is 0. The summed E-state index contributed by atoms with van der Waals surface area (Å²) in [7, 11) is 0. The number of esters is 1. The Bertz CT molecular complexity index is 726. The SMILES string of the molecule is Cc1cc(C)cc(OC(=O)/C=C/c2cccc(C(F)(F)F)c2)c1. The zero-order valence-electron chi connectivity index (χ0n) is 12.6. The Morgan fingerprint density at radius 2 is 1.70 bits per heavy atom. The molecule has 0 N–H and O–H groups in total. The van der Waals surface area contributed by atoms with Crippen LogP contribution in [0, 0.1) is 13.8 Å². The topological polar surface area (TPSA) is 26.3 Å². The van der Waals surface area contributed by atoms with Crippen LogP contribution in [0.1, 0.15) is 22.3 Å². The number of aryl methyl sites for hydroxylation is 2. The van der Waals surface area contributed by atoms with Crippen molar-refractivity contribution in [2.45, 2.75) is 20.0 Å². The minimum absolute atomic E-state index is 0.275. The zero-order chi connectivity index (χ0) is 17.0. The highest BCUT2D eigenvalue weighted by atomic mass is 19.4. The molecule has 0 aliphatic heterocycles. The van der Waals surface area contributed by atoms with Crippen LogP contribution in [-0.2, 0) is 11.0 Å².